The van der Waals surface area contributed by atoms with E-state index in [1.165, 1.54) is 0 Å². The Kier molecular flexibility index (Phi) is 8.25. The number of halogens is 6. The van der Waals surface area contributed by atoms with Gasteiger partial charge in [-0.1, -0.05) is 91.0 Å². The number of aryl methyl sites for hydroxylation is 2. The molecule has 7 heteroatoms. The first-order chi connectivity index (χ1) is 25.3. The molecule has 0 bridgehead atoms. The van der Waals surface area contributed by atoms with Crippen LogP contribution in [0.25, 0.3) is 72.0 Å². The van der Waals surface area contributed by atoms with Crippen molar-refractivity contribution in [3.63, 3.8) is 0 Å². The number of fused-ring (bicyclic) bond motifs is 3. The van der Waals surface area contributed by atoms with E-state index in [1.807, 2.05) is 78.9 Å². The van der Waals surface area contributed by atoms with Gasteiger partial charge in [-0.25, -0.2) is 0 Å². The second kappa shape index (κ2) is 12.8. The zero-order valence-corrected chi connectivity index (χ0v) is 28.6. The molecule has 8 aromatic rings. The van der Waals surface area contributed by atoms with Crippen molar-refractivity contribution < 1.29 is 26.3 Å². The minimum Gasteiger partial charge on any atom is -0.309 e. The molecular weight excluding hydrogens is 681 g/mol. The van der Waals surface area contributed by atoms with Crippen molar-refractivity contribution in [2.45, 2.75) is 26.2 Å². The number of hydrogen-bond donors (Lipinski definition) is 0. The van der Waals surface area contributed by atoms with Crippen LogP contribution >= 0.6 is 0 Å². The molecule has 0 saturated heterocycles. The predicted molar refractivity (Wildman–Crippen MR) is 202 cm³/mol. The molecule has 0 amide bonds. The first kappa shape index (κ1) is 34.0. The highest BCUT2D eigenvalue weighted by molar-refractivity contribution is 6.12. The van der Waals surface area contributed by atoms with Crippen molar-refractivity contribution in [1.29, 1.82) is 0 Å². The third kappa shape index (κ3) is 6.48. The average Bonchev–Trinajstić information content (AvgIpc) is 3.47. The van der Waals surface area contributed by atoms with E-state index >= 15 is 0 Å². The molecule has 0 atom stereocenters. The smallest absolute Gasteiger partial charge is 0.309 e. The van der Waals surface area contributed by atoms with Gasteiger partial charge in [0.2, 0.25) is 0 Å². The van der Waals surface area contributed by atoms with Gasteiger partial charge < -0.3 is 4.57 Å². The molecule has 0 aliphatic carbocycles. The fourth-order valence-corrected chi connectivity index (χ4v) is 7.28. The summed E-state index contributed by atoms with van der Waals surface area (Å²) in [5.74, 6) is 0. The van der Waals surface area contributed by atoms with Gasteiger partial charge in [0.05, 0.1) is 27.8 Å². The van der Waals surface area contributed by atoms with Gasteiger partial charge in [0, 0.05) is 16.3 Å². The van der Waals surface area contributed by atoms with Crippen LogP contribution < -0.4 is 0 Å². The van der Waals surface area contributed by atoms with E-state index in [4.69, 9.17) is 0 Å². The lowest BCUT2D eigenvalue weighted by atomic mass is 9.96. The lowest BCUT2D eigenvalue weighted by molar-refractivity contribution is -0.138. The van der Waals surface area contributed by atoms with E-state index < -0.39 is 23.5 Å². The SMILES string of the molecule is Cc1cc(-c2ccc3c(c2)c2cc(-c4cc(C)cc(C(F)(F)F)c4)ccc2n3-c2ccccc2-c2cccc(-c3ccccc3)c2)cc(C(F)(F)F)c1. The van der Waals surface area contributed by atoms with E-state index in [0.29, 0.717) is 33.4 Å². The van der Waals surface area contributed by atoms with Gasteiger partial charge in [-0.3, -0.25) is 0 Å². The Balaban J connectivity index is 1.38. The van der Waals surface area contributed by atoms with Crippen LogP contribution in [0.15, 0.2) is 152 Å². The molecule has 0 aliphatic heterocycles. The number of hydrogen-bond acceptors (Lipinski definition) is 0. The van der Waals surface area contributed by atoms with Crippen molar-refractivity contribution in [1.82, 2.24) is 4.57 Å². The minimum absolute atomic E-state index is 0.419. The van der Waals surface area contributed by atoms with Crippen molar-refractivity contribution in [2.75, 3.05) is 0 Å². The summed E-state index contributed by atoms with van der Waals surface area (Å²) in [5.41, 5.74) is 8.08. The van der Waals surface area contributed by atoms with E-state index in [-0.39, 0.29) is 0 Å². The van der Waals surface area contributed by atoms with Crippen molar-refractivity contribution in [3.05, 3.63) is 174 Å². The first-order valence-corrected chi connectivity index (χ1v) is 17.1. The number of aromatic nitrogens is 1. The molecule has 0 spiro atoms. The highest BCUT2D eigenvalue weighted by Crippen LogP contribution is 2.42. The summed E-state index contributed by atoms with van der Waals surface area (Å²) in [6, 6.07) is 45.6. The summed E-state index contributed by atoms with van der Waals surface area (Å²) in [6.07, 6.45) is -9.03. The summed E-state index contributed by atoms with van der Waals surface area (Å²) >= 11 is 0. The van der Waals surface area contributed by atoms with Crippen LogP contribution in [0.4, 0.5) is 26.3 Å². The molecule has 0 radical (unpaired) electrons. The summed E-state index contributed by atoms with van der Waals surface area (Å²) < 4.78 is 85.4. The lowest BCUT2D eigenvalue weighted by Crippen LogP contribution is -2.05. The highest BCUT2D eigenvalue weighted by Gasteiger charge is 2.32. The topological polar surface area (TPSA) is 4.93 Å². The van der Waals surface area contributed by atoms with Gasteiger partial charge in [-0.15, -0.1) is 0 Å². The molecule has 0 saturated carbocycles. The lowest BCUT2D eigenvalue weighted by Gasteiger charge is -2.15. The van der Waals surface area contributed by atoms with E-state index in [2.05, 4.69) is 41.0 Å². The summed E-state index contributed by atoms with van der Waals surface area (Å²) in [7, 11) is 0. The number of para-hydroxylation sites is 1. The van der Waals surface area contributed by atoms with Gasteiger partial charge in [0.25, 0.3) is 0 Å². The number of benzene rings is 7. The Morgan fingerprint density at radius 1 is 0.377 bits per heavy atom. The molecule has 8 rings (SSSR count). The first-order valence-electron chi connectivity index (χ1n) is 17.1. The zero-order valence-electron chi connectivity index (χ0n) is 28.6. The Morgan fingerprint density at radius 2 is 0.849 bits per heavy atom. The highest BCUT2D eigenvalue weighted by atomic mass is 19.4. The minimum atomic E-state index is -4.51. The van der Waals surface area contributed by atoms with E-state index in [0.717, 1.165) is 74.0 Å². The van der Waals surface area contributed by atoms with Crippen LogP contribution in [-0.4, -0.2) is 4.57 Å². The largest absolute Gasteiger partial charge is 0.416 e. The molecule has 1 heterocycles. The summed E-state index contributed by atoms with van der Waals surface area (Å²) in [4.78, 5) is 0. The van der Waals surface area contributed by atoms with Crippen LogP contribution in [0.5, 0.6) is 0 Å². The number of rotatable bonds is 5. The van der Waals surface area contributed by atoms with Crippen LogP contribution in [0.2, 0.25) is 0 Å². The van der Waals surface area contributed by atoms with E-state index in [9.17, 15) is 26.3 Å². The summed E-state index contributed by atoms with van der Waals surface area (Å²) in [6.45, 7) is 3.27. The molecule has 0 aliphatic rings. The molecular formula is C46H31F6N. The Morgan fingerprint density at radius 3 is 1.40 bits per heavy atom. The Bertz CT molecular complexity index is 2540. The maximum Gasteiger partial charge on any atom is 0.416 e. The third-order valence-corrected chi connectivity index (χ3v) is 9.67. The van der Waals surface area contributed by atoms with Gasteiger partial charge in [-0.2, -0.15) is 26.3 Å². The normalized spacial score (nSPS) is 12.2. The standard InChI is InChI=1S/C46H31F6N/c1-28-19-35(24-37(21-28)45(47,48)49)32-15-17-43-40(26-32)41-27-33(36-20-29(2)22-38(25-36)46(50,51)52)16-18-44(41)53(43)42-14-7-6-13-39(42)34-12-8-11-31(23-34)30-9-4-3-5-10-30/h3-27H,1-2H3. The van der Waals surface area contributed by atoms with Crippen molar-refractivity contribution in [2.24, 2.45) is 0 Å². The number of nitrogens with zero attached hydrogens (tertiary/aromatic N) is 1. The molecule has 53 heavy (non-hydrogen) atoms. The fourth-order valence-electron chi connectivity index (χ4n) is 7.28. The second-order valence-corrected chi connectivity index (χ2v) is 13.4. The molecule has 262 valence electrons. The zero-order chi connectivity index (χ0) is 37.1. The summed E-state index contributed by atoms with van der Waals surface area (Å²) in [5, 5.41) is 1.51. The second-order valence-electron chi connectivity index (χ2n) is 13.4. The Hall–Kier alpha value is -6.08. The molecule has 0 N–H and O–H groups in total. The van der Waals surface area contributed by atoms with Crippen LogP contribution in [0, 0.1) is 13.8 Å². The van der Waals surface area contributed by atoms with Gasteiger partial charge >= 0.3 is 12.4 Å². The third-order valence-electron chi connectivity index (χ3n) is 9.67. The monoisotopic (exact) mass is 711 g/mol. The molecule has 1 nitrogen and oxygen atoms in total. The van der Waals surface area contributed by atoms with Crippen molar-refractivity contribution >= 4 is 21.8 Å². The van der Waals surface area contributed by atoms with Gasteiger partial charge in [0.1, 0.15) is 0 Å². The van der Waals surface area contributed by atoms with E-state index in [1.54, 1.807) is 26.0 Å². The van der Waals surface area contributed by atoms with Crippen LogP contribution in [0.1, 0.15) is 22.3 Å². The number of alkyl halides is 6. The molecule has 1 aromatic heterocycles. The fraction of sp³-hybridized carbons (Fsp3) is 0.0870. The van der Waals surface area contributed by atoms with Gasteiger partial charge in [-0.05, 0) is 125 Å². The van der Waals surface area contributed by atoms with Crippen LogP contribution in [0.3, 0.4) is 0 Å². The van der Waals surface area contributed by atoms with Crippen molar-refractivity contribution in [3.8, 4) is 50.2 Å². The predicted octanol–water partition coefficient (Wildman–Crippen LogP) is 14.1. The Labute approximate surface area is 302 Å². The molecule has 7 aromatic carbocycles. The quantitative estimate of drug-likeness (QED) is 0.157. The average molecular weight is 712 g/mol. The molecule has 0 fully saturated rings. The van der Waals surface area contributed by atoms with Gasteiger partial charge in [0.15, 0.2) is 0 Å². The molecule has 0 unspecified atom stereocenters. The van der Waals surface area contributed by atoms with Crippen LogP contribution in [-0.2, 0) is 12.4 Å². The maximum atomic E-state index is 13.9. The maximum absolute atomic E-state index is 13.9.